The molecule has 1 aliphatic carbocycles. The first kappa shape index (κ1) is 18.5. The molecule has 0 amide bonds. The molecule has 2 aromatic carbocycles. The maximum Gasteiger partial charge on any atom is 0.416 e. The van der Waals surface area contributed by atoms with E-state index in [1.807, 2.05) is 0 Å². The van der Waals surface area contributed by atoms with E-state index in [0.29, 0.717) is 29.2 Å². The van der Waals surface area contributed by atoms with Crippen molar-refractivity contribution in [3.8, 4) is 16.9 Å². The lowest BCUT2D eigenvalue weighted by Gasteiger charge is -2.20. The molecule has 1 aliphatic rings. The summed E-state index contributed by atoms with van der Waals surface area (Å²) in [5, 5.41) is 0. The Labute approximate surface area is 151 Å². The standard InChI is InChI=1S/C21H21F3O2/c22-21(23,24)18-11-9-16(10-12-18)17-7-4-8-19(14-17)26-20(25)13-15-5-2-1-3-6-15/h4,7-12,14-15H,1-3,5-6,13H2. The van der Waals surface area contributed by atoms with Gasteiger partial charge in [0.05, 0.1) is 5.56 Å². The molecular formula is C21H21F3O2. The normalized spacial score (nSPS) is 15.7. The first-order valence-electron chi connectivity index (χ1n) is 8.90. The molecule has 0 radical (unpaired) electrons. The van der Waals surface area contributed by atoms with Crippen molar-refractivity contribution in [1.29, 1.82) is 0 Å². The van der Waals surface area contributed by atoms with E-state index in [1.165, 1.54) is 31.4 Å². The summed E-state index contributed by atoms with van der Waals surface area (Å²) >= 11 is 0. The zero-order valence-electron chi connectivity index (χ0n) is 14.4. The fourth-order valence-corrected chi connectivity index (χ4v) is 3.39. The largest absolute Gasteiger partial charge is 0.426 e. The minimum Gasteiger partial charge on any atom is -0.426 e. The molecule has 138 valence electrons. The summed E-state index contributed by atoms with van der Waals surface area (Å²) in [4.78, 5) is 12.1. The van der Waals surface area contributed by atoms with E-state index >= 15 is 0 Å². The van der Waals surface area contributed by atoms with Crippen LogP contribution in [0.5, 0.6) is 5.75 Å². The van der Waals surface area contributed by atoms with Crippen LogP contribution in [0, 0.1) is 5.92 Å². The van der Waals surface area contributed by atoms with Crippen molar-refractivity contribution >= 4 is 5.97 Å². The SMILES string of the molecule is O=C(CC1CCCCC1)Oc1cccc(-c2ccc(C(F)(F)F)cc2)c1. The van der Waals surface area contributed by atoms with Crippen LogP contribution in [-0.4, -0.2) is 5.97 Å². The predicted molar refractivity (Wildman–Crippen MR) is 93.7 cm³/mol. The molecule has 1 saturated carbocycles. The number of benzene rings is 2. The average molecular weight is 362 g/mol. The summed E-state index contributed by atoms with van der Waals surface area (Å²) in [5.41, 5.74) is 0.668. The third-order valence-corrected chi connectivity index (χ3v) is 4.79. The van der Waals surface area contributed by atoms with Gasteiger partial charge in [-0.25, -0.2) is 0 Å². The van der Waals surface area contributed by atoms with Crippen molar-refractivity contribution in [2.75, 3.05) is 0 Å². The molecule has 0 aromatic heterocycles. The van der Waals surface area contributed by atoms with Crippen LogP contribution in [0.25, 0.3) is 11.1 Å². The van der Waals surface area contributed by atoms with Crippen LogP contribution in [0.3, 0.4) is 0 Å². The van der Waals surface area contributed by atoms with Gasteiger partial charge in [-0.3, -0.25) is 4.79 Å². The molecule has 26 heavy (non-hydrogen) atoms. The van der Waals surface area contributed by atoms with Crippen molar-refractivity contribution < 1.29 is 22.7 Å². The van der Waals surface area contributed by atoms with Gasteiger partial charge in [-0.05, 0) is 54.2 Å². The van der Waals surface area contributed by atoms with Crippen molar-refractivity contribution in [2.45, 2.75) is 44.7 Å². The van der Waals surface area contributed by atoms with E-state index in [9.17, 15) is 18.0 Å². The van der Waals surface area contributed by atoms with E-state index in [-0.39, 0.29) is 5.97 Å². The van der Waals surface area contributed by atoms with Gasteiger partial charge in [-0.15, -0.1) is 0 Å². The number of alkyl halides is 3. The van der Waals surface area contributed by atoms with E-state index in [2.05, 4.69) is 0 Å². The molecule has 0 aliphatic heterocycles. The second-order valence-corrected chi connectivity index (χ2v) is 6.79. The Balaban J connectivity index is 1.67. The molecule has 1 fully saturated rings. The first-order chi connectivity index (χ1) is 12.4. The number of hydrogen-bond acceptors (Lipinski definition) is 2. The maximum absolute atomic E-state index is 12.7. The van der Waals surface area contributed by atoms with Crippen LogP contribution in [0.1, 0.15) is 44.1 Å². The third kappa shape index (κ3) is 4.87. The molecular weight excluding hydrogens is 341 g/mol. The van der Waals surface area contributed by atoms with Crippen molar-refractivity contribution in [2.24, 2.45) is 5.92 Å². The Morgan fingerprint density at radius 2 is 1.65 bits per heavy atom. The summed E-state index contributed by atoms with van der Waals surface area (Å²) in [6.45, 7) is 0. The highest BCUT2D eigenvalue weighted by Crippen LogP contribution is 2.32. The van der Waals surface area contributed by atoms with Crippen molar-refractivity contribution in [1.82, 2.24) is 0 Å². The molecule has 0 unspecified atom stereocenters. The van der Waals surface area contributed by atoms with E-state index in [1.54, 1.807) is 24.3 Å². The van der Waals surface area contributed by atoms with Gasteiger partial charge in [0.2, 0.25) is 0 Å². The lowest BCUT2D eigenvalue weighted by Crippen LogP contribution is -2.16. The Morgan fingerprint density at radius 1 is 0.962 bits per heavy atom. The molecule has 0 bridgehead atoms. The van der Waals surface area contributed by atoms with Crippen LogP contribution in [0.2, 0.25) is 0 Å². The Kier molecular flexibility index (Phi) is 5.64. The number of ether oxygens (including phenoxy) is 1. The van der Waals surface area contributed by atoms with Crippen LogP contribution < -0.4 is 4.74 Å². The van der Waals surface area contributed by atoms with Gasteiger partial charge in [0.25, 0.3) is 0 Å². The third-order valence-electron chi connectivity index (χ3n) is 4.79. The molecule has 3 rings (SSSR count). The lowest BCUT2D eigenvalue weighted by molar-refractivity contribution is -0.137. The van der Waals surface area contributed by atoms with Gasteiger partial charge in [0.15, 0.2) is 0 Å². The number of esters is 1. The quantitative estimate of drug-likeness (QED) is 0.475. The molecule has 0 heterocycles. The Morgan fingerprint density at radius 3 is 2.31 bits per heavy atom. The second-order valence-electron chi connectivity index (χ2n) is 6.79. The van der Waals surface area contributed by atoms with Gasteiger partial charge in [0, 0.05) is 6.42 Å². The van der Waals surface area contributed by atoms with Gasteiger partial charge >= 0.3 is 12.1 Å². The van der Waals surface area contributed by atoms with E-state index < -0.39 is 11.7 Å². The minimum absolute atomic E-state index is 0.249. The Hall–Kier alpha value is -2.30. The van der Waals surface area contributed by atoms with E-state index in [4.69, 9.17) is 4.74 Å². The summed E-state index contributed by atoms with van der Waals surface area (Å²) < 4.78 is 43.4. The van der Waals surface area contributed by atoms with Gasteiger partial charge < -0.3 is 4.74 Å². The van der Waals surface area contributed by atoms with E-state index in [0.717, 1.165) is 25.0 Å². The maximum atomic E-state index is 12.7. The zero-order valence-corrected chi connectivity index (χ0v) is 14.4. The van der Waals surface area contributed by atoms with Crippen molar-refractivity contribution in [3.05, 3.63) is 54.1 Å². The molecule has 0 saturated heterocycles. The monoisotopic (exact) mass is 362 g/mol. The minimum atomic E-state index is -4.35. The highest BCUT2D eigenvalue weighted by atomic mass is 19.4. The van der Waals surface area contributed by atoms with Gasteiger partial charge in [0.1, 0.15) is 5.75 Å². The molecule has 0 N–H and O–H groups in total. The number of carbonyl (C=O) groups is 1. The fourth-order valence-electron chi connectivity index (χ4n) is 3.39. The smallest absolute Gasteiger partial charge is 0.416 e. The molecule has 5 heteroatoms. The summed E-state index contributed by atoms with van der Waals surface area (Å²) in [5.74, 6) is 0.569. The predicted octanol–water partition coefficient (Wildman–Crippen LogP) is 6.25. The summed E-state index contributed by atoms with van der Waals surface area (Å²) in [7, 11) is 0. The first-order valence-corrected chi connectivity index (χ1v) is 8.90. The van der Waals surface area contributed by atoms with Gasteiger partial charge in [-0.1, -0.05) is 43.5 Å². The Bertz CT molecular complexity index is 745. The summed E-state index contributed by atoms with van der Waals surface area (Å²) in [6, 6.07) is 11.8. The van der Waals surface area contributed by atoms with Crippen LogP contribution in [0.4, 0.5) is 13.2 Å². The second kappa shape index (κ2) is 7.94. The number of hydrogen-bond donors (Lipinski definition) is 0. The highest BCUT2D eigenvalue weighted by molar-refractivity contribution is 5.74. The topological polar surface area (TPSA) is 26.3 Å². The fraction of sp³-hybridized carbons (Fsp3) is 0.381. The number of halogens is 3. The zero-order chi connectivity index (χ0) is 18.6. The van der Waals surface area contributed by atoms with Crippen LogP contribution in [0.15, 0.2) is 48.5 Å². The average Bonchev–Trinajstić information content (AvgIpc) is 2.62. The lowest BCUT2D eigenvalue weighted by atomic mass is 9.87. The highest BCUT2D eigenvalue weighted by Gasteiger charge is 2.30. The number of carbonyl (C=O) groups excluding carboxylic acids is 1. The molecule has 0 atom stereocenters. The summed E-state index contributed by atoms with van der Waals surface area (Å²) in [6.07, 6.45) is 1.78. The van der Waals surface area contributed by atoms with Crippen molar-refractivity contribution in [3.63, 3.8) is 0 Å². The van der Waals surface area contributed by atoms with Crippen LogP contribution >= 0.6 is 0 Å². The van der Waals surface area contributed by atoms with Gasteiger partial charge in [-0.2, -0.15) is 13.2 Å². The molecule has 2 aromatic rings. The van der Waals surface area contributed by atoms with Crippen LogP contribution in [-0.2, 0) is 11.0 Å². The molecule has 2 nitrogen and oxygen atoms in total. The molecule has 0 spiro atoms. The number of rotatable bonds is 4.